The topological polar surface area (TPSA) is 70.7 Å². The molecule has 18 heavy (non-hydrogen) atoms. The fraction of sp³-hybridized carbons (Fsp3) is 0.667. The van der Waals surface area contributed by atoms with Gasteiger partial charge >= 0.3 is 6.09 Å². The number of rotatable bonds is 2. The van der Waals surface area contributed by atoms with Crippen LogP contribution in [0.15, 0.2) is 11.1 Å². The molecule has 2 N–H and O–H groups in total. The van der Waals surface area contributed by atoms with Gasteiger partial charge in [-0.3, -0.25) is 4.79 Å². The number of carbonyl (C=O) groups excluding carboxylic acids is 2. The summed E-state index contributed by atoms with van der Waals surface area (Å²) < 4.78 is 4.55. The maximum absolute atomic E-state index is 12.2. The Morgan fingerprint density at radius 2 is 2.17 bits per heavy atom. The predicted octanol–water partition coefficient (Wildman–Crippen LogP) is -0.137. The number of amides is 2. The van der Waals surface area contributed by atoms with Crippen LogP contribution in [0.4, 0.5) is 4.79 Å². The lowest BCUT2D eigenvalue weighted by molar-refractivity contribution is -0.126. The summed E-state index contributed by atoms with van der Waals surface area (Å²) >= 11 is 0. The number of likely N-dealkylation sites (tertiary alicyclic amines) is 1. The standard InChI is InChI=1S/C12H19N3O3/c1-8(9-5-13-6-9)11(16)15-4-3-10(7-15)14-12(17)18-2/h10,13H,3-7H2,1-2H3,(H,14,17). The van der Waals surface area contributed by atoms with Gasteiger partial charge in [-0.1, -0.05) is 0 Å². The molecule has 0 radical (unpaired) electrons. The second-order valence-corrected chi connectivity index (χ2v) is 4.70. The number of nitrogens with zero attached hydrogens (tertiary/aromatic N) is 1. The molecular weight excluding hydrogens is 234 g/mol. The molecule has 0 aromatic rings. The van der Waals surface area contributed by atoms with E-state index in [0.717, 1.165) is 25.1 Å². The third kappa shape index (κ3) is 2.64. The zero-order valence-corrected chi connectivity index (χ0v) is 10.8. The molecule has 1 atom stereocenters. The van der Waals surface area contributed by atoms with Gasteiger partial charge < -0.3 is 20.3 Å². The van der Waals surface area contributed by atoms with Crippen LogP contribution in [0, 0.1) is 0 Å². The highest BCUT2D eigenvalue weighted by molar-refractivity contribution is 5.94. The molecule has 1 unspecified atom stereocenters. The first-order chi connectivity index (χ1) is 8.61. The van der Waals surface area contributed by atoms with Crippen LogP contribution in [-0.4, -0.2) is 56.2 Å². The summed E-state index contributed by atoms with van der Waals surface area (Å²) in [6.45, 7) is 4.75. The Morgan fingerprint density at radius 1 is 1.44 bits per heavy atom. The van der Waals surface area contributed by atoms with Crippen LogP contribution in [0.2, 0.25) is 0 Å². The van der Waals surface area contributed by atoms with E-state index in [4.69, 9.17) is 0 Å². The number of carbonyl (C=O) groups is 2. The van der Waals surface area contributed by atoms with Crippen molar-refractivity contribution in [2.45, 2.75) is 19.4 Å². The number of alkyl carbamates (subject to hydrolysis) is 1. The van der Waals surface area contributed by atoms with E-state index in [0.29, 0.717) is 13.1 Å². The first-order valence-corrected chi connectivity index (χ1v) is 6.15. The van der Waals surface area contributed by atoms with Crippen molar-refractivity contribution in [3.63, 3.8) is 0 Å². The van der Waals surface area contributed by atoms with E-state index in [2.05, 4.69) is 15.4 Å². The van der Waals surface area contributed by atoms with E-state index in [9.17, 15) is 9.59 Å². The van der Waals surface area contributed by atoms with Gasteiger partial charge in [-0.15, -0.1) is 0 Å². The molecule has 2 rings (SSSR count). The average Bonchev–Trinajstić information content (AvgIpc) is 2.73. The molecule has 0 aromatic heterocycles. The van der Waals surface area contributed by atoms with Crippen molar-refractivity contribution < 1.29 is 14.3 Å². The summed E-state index contributed by atoms with van der Waals surface area (Å²) in [7, 11) is 1.34. The summed E-state index contributed by atoms with van der Waals surface area (Å²) in [5.74, 6) is 0.0839. The van der Waals surface area contributed by atoms with Crippen LogP contribution in [0.3, 0.4) is 0 Å². The number of nitrogens with one attached hydrogen (secondary N) is 2. The van der Waals surface area contributed by atoms with E-state index in [1.165, 1.54) is 12.7 Å². The van der Waals surface area contributed by atoms with Crippen molar-refractivity contribution in [2.75, 3.05) is 33.3 Å². The molecule has 0 spiro atoms. The molecule has 6 heteroatoms. The Kier molecular flexibility index (Phi) is 3.86. The Balaban J connectivity index is 1.88. The van der Waals surface area contributed by atoms with Gasteiger partial charge in [0, 0.05) is 31.8 Å². The molecular formula is C12H19N3O3. The Morgan fingerprint density at radius 3 is 2.72 bits per heavy atom. The smallest absolute Gasteiger partial charge is 0.407 e. The predicted molar refractivity (Wildman–Crippen MR) is 66.1 cm³/mol. The largest absolute Gasteiger partial charge is 0.453 e. The molecule has 0 saturated carbocycles. The Labute approximate surface area is 106 Å². The minimum atomic E-state index is -0.437. The molecule has 6 nitrogen and oxygen atoms in total. The van der Waals surface area contributed by atoms with Gasteiger partial charge in [0.2, 0.25) is 5.91 Å². The molecule has 2 fully saturated rings. The molecule has 0 aromatic carbocycles. The Bertz CT molecular complexity index is 386. The van der Waals surface area contributed by atoms with Crippen LogP contribution < -0.4 is 10.6 Å². The highest BCUT2D eigenvalue weighted by atomic mass is 16.5. The van der Waals surface area contributed by atoms with E-state index >= 15 is 0 Å². The molecule has 2 saturated heterocycles. The van der Waals surface area contributed by atoms with E-state index in [-0.39, 0.29) is 11.9 Å². The normalized spacial score (nSPS) is 22.4. The van der Waals surface area contributed by atoms with Crippen LogP contribution in [0.1, 0.15) is 13.3 Å². The molecule has 2 heterocycles. The summed E-state index contributed by atoms with van der Waals surface area (Å²) in [5, 5.41) is 5.85. The van der Waals surface area contributed by atoms with Gasteiger partial charge in [0.1, 0.15) is 0 Å². The number of hydrogen-bond acceptors (Lipinski definition) is 4. The maximum atomic E-state index is 12.2. The van der Waals surface area contributed by atoms with E-state index < -0.39 is 6.09 Å². The lowest BCUT2D eigenvalue weighted by Gasteiger charge is -2.24. The fourth-order valence-electron chi connectivity index (χ4n) is 2.19. The van der Waals surface area contributed by atoms with Crippen molar-refractivity contribution in [1.29, 1.82) is 0 Å². The van der Waals surface area contributed by atoms with Gasteiger partial charge in [0.25, 0.3) is 0 Å². The molecule has 2 aliphatic heterocycles. The minimum Gasteiger partial charge on any atom is -0.453 e. The summed E-state index contributed by atoms with van der Waals surface area (Å²) in [4.78, 5) is 25.1. The van der Waals surface area contributed by atoms with Crippen molar-refractivity contribution in [3.8, 4) is 0 Å². The molecule has 0 aliphatic carbocycles. The molecule has 0 bridgehead atoms. The van der Waals surface area contributed by atoms with Gasteiger partial charge in [-0.25, -0.2) is 4.79 Å². The quantitative estimate of drug-likeness (QED) is 0.672. The minimum absolute atomic E-state index is 0.00119. The first kappa shape index (κ1) is 12.9. The van der Waals surface area contributed by atoms with Crippen LogP contribution in [0.5, 0.6) is 0 Å². The molecule has 100 valence electrons. The van der Waals surface area contributed by atoms with Gasteiger partial charge in [-0.05, 0) is 18.9 Å². The van der Waals surface area contributed by atoms with Gasteiger partial charge in [-0.2, -0.15) is 0 Å². The molecule has 2 amide bonds. The van der Waals surface area contributed by atoms with Gasteiger partial charge in [0.15, 0.2) is 0 Å². The average molecular weight is 253 g/mol. The number of ether oxygens (including phenoxy) is 1. The fourth-order valence-corrected chi connectivity index (χ4v) is 2.19. The lowest BCUT2D eigenvalue weighted by Crippen LogP contribution is -2.40. The van der Waals surface area contributed by atoms with Gasteiger partial charge in [0.05, 0.1) is 13.2 Å². The Hall–Kier alpha value is -1.56. The monoisotopic (exact) mass is 253 g/mol. The van der Waals surface area contributed by atoms with Crippen LogP contribution >= 0.6 is 0 Å². The summed E-state index contributed by atoms with van der Waals surface area (Å²) in [5.41, 5.74) is 2.02. The lowest BCUT2D eigenvalue weighted by atomic mass is 10.0. The zero-order chi connectivity index (χ0) is 13.1. The highest BCUT2D eigenvalue weighted by Crippen LogP contribution is 2.16. The second kappa shape index (κ2) is 5.39. The zero-order valence-electron chi connectivity index (χ0n) is 10.8. The van der Waals surface area contributed by atoms with Crippen LogP contribution in [0.25, 0.3) is 0 Å². The van der Waals surface area contributed by atoms with E-state index in [1.54, 1.807) is 4.90 Å². The van der Waals surface area contributed by atoms with Crippen LogP contribution in [-0.2, 0) is 9.53 Å². The number of hydrogen-bond donors (Lipinski definition) is 2. The third-order valence-electron chi connectivity index (χ3n) is 3.51. The highest BCUT2D eigenvalue weighted by Gasteiger charge is 2.29. The van der Waals surface area contributed by atoms with E-state index in [1.807, 2.05) is 6.92 Å². The molecule has 2 aliphatic rings. The van der Waals surface area contributed by atoms with Crippen molar-refractivity contribution >= 4 is 12.0 Å². The first-order valence-electron chi connectivity index (χ1n) is 6.15. The summed E-state index contributed by atoms with van der Waals surface area (Å²) in [6, 6.07) is -0.00119. The number of methoxy groups -OCH3 is 1. The SMILES string of the molecule is COC(=O)NC1CCN(C(=O)C(C)=C2CNC2)C1. The van der Waals surface area contributed by atoms with Crippen molar-refractivity contribution in [3.05, 3.63) is 11.1 Å². The summed E-state index contributed by atoms with van der Waals surface area (Å²) in [6.07, 6.45) is 0.342. The van der Waals surface area contributed by atoms with Crippen molar-refractivity contribution in [2.24, 2.45) is 0 Å². The third-order valence-corrected chi connectivity index (χ3v) is 3.51. The van der Waals surface area contributed by atoms with Crippen molar-refractivity contribution in [1.82, 2.24) is 15.5 Å². The second-order valence-electron chi connectivity index (χ2n) is 4.70. The maximum Gasteiger partial charge on any atom is 0.407 e.